The van der Waals surface area contributed by atoms with Gasteiger partial charge in [0, 0.05) is 5.56 Å². The normalized spacial score (nSPS) is 16.1. The Morgan fingerprint density at radius 1 is 1.04 bits per heavy atom. The Bertz CT molecular complexity index is 845. The number of hydrogen-bond acceptors (Lipinski definition) is 3. The molecule has 2 aromatic rings. The highest BCUT2D eigenvalue weighted by Gasteiger charge is 2.42. The van der Waals surface area contributed by atoms with E-state index >= 15 is 0 Å². The number of aromatic nitrogens is 1. The molecule has 1 aromatic heterocycles. The van der Waals surface area contributed by atoms with Gasteiger partial charge in [0.2, 0.25) is 0 Å². The number of hydrogen-bond donors (Lipinski definition) is 1. The van der Waals surface area contributed by atoms with Gasteiger partial charge in [-0.15, -0.1) is 0 Å². The molecule has 0 bridgehead atoms. The predicted octanol–water partition coefficient (Wildman–Crippen LogP) is 5.57. The fourth-order valence-corrected chi connectivity index (χ4v) is 2.87. The summed E-state index contributed by atoms with van der Waals surface area (Å²) in [5.41, 5.74) is -3.44. The lowest BCUT2D eigenvalue weighted by Gasteiger charge is -2.17. The van der Waals surface area contributed by atoms with Crippen LogP contribution in [-0.4, -0.2) is 24.2 Å². The topological polar surface area (TPSA) is 34.1 Å². The van der Waals surface area contributed by atoms with Crippen molar-refractivity contribution in [1.29, 1.82) is 0 Å². The molecule has 1 aliphatic carbocycles. The summed E-state index contributed by atoms with van der Waals surface area (Å²) in [5.74, 6) is 0.201. The second-order valence-electron chi connectivity index (χ2n) is 6.62. The summed E-state index contributed by atoms with van der Waals surface area (Å²) in [6.07, 6.45) is -6.82. The summed E-state index contributed by atoms with van der Waals surface area (Å²) >= 11 is 5.95. The minimum atomic E-state index is -4.95. The maximum atomic E-state index is 13.1. The number of likely N-dealkylation sites (N-methyl/N-ethyl adjacent to an activating group) is 1. The van der Waals surface area contributed by atoms with Crippen molar-refractivity contribution < 1.29 is 31.1 Å². The minimum Gasteiger partial charge on any atom is -0.490 e. The van der Waals surface area contributed by atoms with Crippen molar-refractivity contribution in [1.82, 2.24) is 10.3 Å². The number of alkyl halides is 6. The van der Waals surface area contributed by atoms with E-state index in [1.165, 1.54) is 12.3 Å². The van der Waals surface area contributed by atoms with E-state index in [4.69, 9.17) is 16.3 Å². The summed E-state index contributed by atoms with van der Waals surface area (Å²) in [7, 11) is 1.78. The standard InChI is InChI=1S/C18H15ClF6N2O/c1-26-16(2-3-16)9-28-13-7-14(15(19)27-8-13)10-4-11(17(20,21)22)6-12(5-10)18(23,24)25/h4-8,26H,2-3,9H2,1H3. The number of benzene rings is 1. The van der Waals surface area contributed by atoms with Crippen LogP contribution in [0.1, 0.15) is 24.0 Å². The van der Waals surface area contributed by atoms with Gasteiger partial charge in [0.25, 0.3) is 0 Å². The maximum absolute atomic E-state index is 13.1. The molecule has 0 radical (unpaired) electrons. The van der Waals surface area contributed by atoms with Crippen molar-refractivity contribution in [2.24, 2.45) is 0 Å². The molecule has 3 rings (SSSR count). The summed E-state index contributed by atoms with van der Waals surface area (Å²) in [4.78, 5) is 3.84. The van der Waals surface area contributed by atoms with Crippen molar-refractivity contribution in [2.75, 3.05) is 13.7 Å². The van der Waals surface area contributed by atoms with Crippen molar-refractivity contribution in [3.8, 4) is 16.9 Å². The average Bonchev–Trinajstić information content (AvgIpc) is 3.40. The first kappa shape index (κ1) is 20.7. The molecule has 28 heavy (non-hydrogen) atoms. The van der Waals surface area contributed by atoms with Crippen molar-refractivity contribution in [3.63, 3.8) is 0 Å². The van der Waals surface area contributed by atoms with E-state index in [-0.39, 0.29) is 33.6 Å². The molecule has 1 N–H and O–H groups in total. The van der Waals surface area contributed by atoms with Crippen LogP contribution < -0.4 is 10.1 Å². The fourth-order valence-electron chi connectivity index (χ4n) is 2.66. The summed E-state index contributed by atoms with van der Waals surface area (Å²) < 4.78 is 84.1. The zero-order valence-corrected chi connectivity index (χ0v) is 15.3. The molecule has 3 nitrogen and oxygen atoms in total. The largest absolute Gasteiger partial charge is 0.490 e. The molecule has 1 aliphatic rings. The van der Waals surface area contributed by atoms with Crippen LogP contribution in [0.25, 0.3) is 11.1 Å². The third kappa shape index (κ3) is 4.52. The van der Waals surface area contributed by atoms with E-state index in [1.54, 1.807) is 7.05 Å². The van der Waals surface area contributed by atoms with Crippen LogP contribution in [0.2, 0.25) is 5.15 Å². The maximum Gasteiger partial charge on any atom is 0.416 e. The average molecular weight is 425 g/mol. The number of ether oxygens (including phenoxy) is 1. The van der Waals surface area contributed by atoms with Crippen molar-refractivity contribution in [3.05, 3.63) is 46.7 Å². The highest BCUT2D eigenvalue weighted by molar-refractivity contribution is 6.32. The lowest BCUT2D eigenvalue weighted by molar-refractivity contribution is -0.143. The van der Waals surface area contributed by atoms with Gasteiger partial charge in [0.05, 0.1) is 22.9 Å². The van der Waals surface area contributed by atoms with Gasteiger partial charge < -0.3 is 10.1 Å². The second kappa shape index (κ2) is 7.11. The number of nitrogens with zero attached hydrogens (tertiary/aromatic N) is 1. The van der Waals surface area contributed by atoms with Gasteiger partial charge in [-0.2, -0.15) is 26.3 Å². The van der Waals surface area contributed by atoms with Crippen LogP contribution in [0.3, 0.4) is 0 Å². The second-order valence-corrected chi connectivity index (χ2v) is 6.98. The Morgan fingerprint density at radius 3 is 2.07 bits per heavy atom. The molecular weight excluding hydrogens is 410 g/mol. The molecular formula is C18H15ClF6N2O. The van der Waals surface area contributed by atoms with E-state index in [9.17, 15) is 26.3 Å². The van der Waals surface area contributed by atoms with E-state index in [0.717, 1.165) is 12.8 Å². The third-order valence-electron chi connectivity index (χ3n) is 4.61. The van der Waals surface area contributed by atoms with Gasteiger partial charge in [0.15, 0.2) is 0 Å². The quantitative estimate of drug-likeness (QED) is 0.503. The smallest absolute Gasteiger partial charge is 0.416 e. The number of halogens is 7. The highest BCUT2D eigenvalue weighted by atomic mass is 35.5. The Labute approximate surface area is 161 Å². The number of rotatable bonds is 5. The molecule has 1 fully saturated rings. The van der Waals surface area contributed by atoms with Crippen molar-refractivity contribution in [2.45, 2.75) is 30.7 Å². The molecule has 152 valence electrons. The van der Waals surface area contributed by atoms with Gasteiger partial charge in [0.1, 0.15) is 17.5 Å². The molecule has 1 saturated carbocycles. The van der Waals surface area contributed by atoms with Crippen LogP contribution in [0.4, 0.5) is 26.3 Å². The monoisotopic (exact) mass is 424 g/mol. The predicted molar refractivity (Wildman–Crippen MR) is 91.2 cm³/mol. The van der Waals surface area contributed by atoms with E-state index in [2.05, 4.69) is 10.3 Å². The van der Waals surface area contributed by atoms with E-state index < -0.39 is 23.5 Å². The molecule has 0 spiro atoms. The number of nitrogens with one attached hydrogen (secondary N) is 1. The first-order chi connectivity index (χ1) is 12.9. The molecule has 1 aromatic carbocycles. The Balaban J connectivity index is 2.00. The van der Waals surface area contributed by atoms with Gasteiger partial charge in [-0.25, -0.2) is 4.98 Å². The van der Waals surface area contributed by atoms with E-state index in [1.807, 2.05) is 0 Å². The molecule has 0 amide bonds. The lowest BCUT2D eigenvalue weighted by atomic mass is 10.00. The van der Waals surface area contributed by atoms with Crippen LogP contribution in [-0.2, 0) is 12.4 Å². The van der Waals surface area contributed by atoms with Crippen LogP contribution in [0, 0.1) is 0 Å². The van der Waals surface area contributed by atoms with Crippen LogP contribution in [0.5, 0.6) is 5.75 Å². The Hall–Kier alpha value is -2.00. The highest BCUT2D eigenvalue weighted by Crippen LogP contribution is 2.41. The molecule has 1 heterocycles. The number of pyridine rings is 1. The Morgan fingerprint density at radius 2 is 1.61 bits per heavy atom. The zero-order valence-electron chi connectivity index (χ0n) is 14.5. The van der Waals surface area contributed by atoms with Gasteiger partial charge in [-0.1, -0.05) is 11.6 Å². The minimum absolute atomic E-state index is 0.0644. The summed E-state index contributed by atoms with van der Waals surface area (Å²) in [6.45, 7) is 0.294. The first-order valence-electron chi connectivity index (χ1n) is 8.21. The van der Waals surface area contributed by atoms with Gasteiger partial charge in [-0.3, -0.25) is 0 Å². The summed E-state index contributed by atoms with van der Waals surface area (Å²) in [6, 6.07) is 2.57. The van der Waals surface area contributed by atoms with Crippen LogP contribution in [0.15, 0.2) is 30.5 Å². The first-order valence-corrected chi connectivity index (χ1v) is 8.58. The molecule has 0 saturated heterocycles. The molecule has 0 aliphatic heterocycles. The van der Waals surface area contributed by atoms with Crippen molar-refractivity contribution >= 4 is 11.6 Å². The molecule has 0 atom stereocenters. The molecule has 10 heteroatoms. The lowest BCUT2D eigenvalue weighted by Crippen LogP contribution is -2.33. The summed E-state index contributed by atoms with van der Waals surface area (Å²) in [5, 5.41) is 2.88. The Kier molecular flexibility index (Phi) is 5.26. The molecule has 0 unspecified atom stereocenters. The van der Waals surface area contributed by atoms with Gasteiger partial charge >= 0.3 is 12.4 Å². The van der Waals surface area contributed by atoms with Gasteiger partial charge in [-0.05, 0) is 49.7 Å². The SMILES string of the molecule is CNC1(COc2cnc(Cl)c(-c3cc(C(F)(F)F)cc(C(F)(F)F)c3)c2)CC1. The van der Waals surface area contributed by atoms with E-state index in [0.29, 0.717) is 18.7 Å². The zero-order chi connectivity index (χ0) is 20.7. The fraction of sp³-hybridized carbons (Fsp3) is 0.389. The van der Waals surface area contributed by atoms with Crippen LogP contribution >= 0.6 is 11.6 Å². The third-order valence-corrected chi connectivity index (χ3v) is 4.91.